The van der Waals surface area contributed by atoms with E-state index in [0.29, 0.717) is 31.9 Å². The van der Waals surface area contributed by atoms with Crippen molar-refractivity contribution in [2.24, 2.45) is 0 Å². The number of methoxy groups -OCH3 is 1. The van der Waals surface area contributed by atoms with Crippen LogP contribution in [-0.4, -0.2) is 12.1 Å². The molecule has 0 bridgehead atoms. The summed E-state index contributed by atoms with van der Waals surface area (Å²) < 4.78 is 5.25. The van der Waals surface area contributed by atoms with Gasteiger partial charge in [-0.05, 0) is 6.07 Å². The molecular formula is C12H7Cl4NO. The van der Waals surface area contributed by atoms with Gasteiger partial charge in [0.1, 0.15) is 10.8 Å². The van der Waals surface area contributed by atoms with Crippen molar-refractivity contribution >= 4 is 46.4 Å². The molecule has 18 heavy (non-hydrogen) atoms. The summed E-state index contributed by atoms with van der Waals surface area (Å²) in [4.78, 5) is 4.02. The Morgan fingerprint density at radius 1 is 0.889 bits per heavy atom. The number of hydrogen-bond acceptors (Lipinski definition) is 2. The molecule has 0 radical (unpaired) electrons. The van der Waals surface area contributed by atoms with Crippen molar-refractivity contribution in [3.05, 3.63) is 44.6 Å². The van der Waals surface area contributed by atoms with E-state index in [1.807, 2.05) is 0 Å². The minimum Gasteiger partial charge on any atom is -0.494 e. The Kier molecular flexibility index (Phi) is 4.23. The standard InChI is InChI=1S/C12H7Cl4NO/c1-18-12-7(4-17-5-9(12)14)6-2-3-8(13)11(16)10(6)15/h2-5H,1H3. The Hall–Kier alpha value is -0.670. The zero-order valence-electron chi connectivity index (χ0n) is 9.18. The molecule has 94 valence electrons. The van der Waals surface area contributed by atoms with Gasteiger partial charge < -0.3 is 4.74 Å². The Morgan fingerprint density at radius 3 is 2.28 bits per heavy atom. The number of benzene rings is 1. The maximum Gasteiger partial charge on any atom is 0.148 e. The van der Waals surface area contributed by atoms with E-state index in [2.05, 4.69) is 4.98 Å². The smallest absolute Gasteiger partial charge is 0.148 e. The van der Waals surface area contributed by atoms with Crippen LogP contribution in [0.25, 0.3) is 11.1 Å². The third kappa shape index (κ3) is 2.39. The van der Waals surface area contributed by atoms with E-state index in [1.54, 1.807) is 18.3 Å². The van der Waals surface area contributed by atoms with Crippen molar-refractivity contribution < 1.29 is 4.74 Å². The second-order valence-corrected chi connectivity index (χ2v) is 5.00. The summed E-state index contributed by atoms with van der Waals surface area (Å²) in [7, 11) is 1.52. The van der Waals surface area contributed by atoms with Gasteiger partial charge in [-0.1, -0.05) is 52.5 Å². The summed E-state index contributed by atoms with van der Waals surface area (Å²) in [5.74, 6) is 0.493. The number of pyridine rings is 1. The zero-order valence-corrected chi connectivity index (χ0v) is 12.2. The lowest BCUT2D eigenvalue weighted by Crippen LogP contribution is -1.91. The molecule has 1 aromatic carbocycles. The number of ether oxygens (including phenoxy) is 1. The summed E-state index contributed by atoms with van der Waals surface area (Å²) in [6, 6.07) is 3.40. The fraction of sp³-hybridized carbons (Fsp3) is 0.0833. The Labute approximate surface area is 124 Å². The third-order valence-electron chi connectivity index (χ3n) is 2.38. The Balaban J connectivity index is 2.70. The van der Waals surface area contributed by atoms with Crippen molar-refractivity contribution in [3.63, 3.8) is 0 Å². The van der Waals surface area contributed by atoms with Crippen molar-refractivity contribution in [1.82, 2.24) is 4.98 Å². The number of hydrogen-bond donors (Lipinski definition) is 0. The first-order valence-corrected chi connectivity index (χ1v) is 6.38. The molecule has 2 rings (SSSR count). The molecule has 0 amide bonds. The highest BCUT2D eigenvalue weighted by atomic mass is 35.5. The Morgan fingerprint density at radius 2 is 1.61 bits per heavy atom. The van der Waals surface area contributed by atoms with Crippen LogP contribution in [0.3, 0.4) is 0 Å². The molecule has 1 aromatic heterocycles. The van der Waals surface area contributed by atoms with Crippen molar-refractivity contribution in [2.75, 3.05) is 7.11 Å². The minimum atomic E-state index is 0.290. The molecule has 0 spiro atoms. The van der Waals surface area contributed by atoms with Gasteiger partial charge in [-0.15, -0.1) is 0 Å². The highest BCUT2D eigenvalue weighted by Gasteiger charge is 2.16. The van der Waals surface area contributed by atoms with E-state index in [1.165, 1.54) is 13.3 Å². The lowest BCUT2D eigenvalue weighted by molar-refractivity contribution is 0.416. The van der Waals surface area contributed by atoms with E-state index in [4.69, 9.17) is 51.1 Å². The Bertz CT molecular complexity index is 601. The molecule has 0 unspecified atom stereocenters. The SMILES string of the molecule is COc1c(Cl)cncc1-c1ccc(Cl)c(Cl)c1Cl. The molecule has 1 heterocycles. The van der Waals surface area contributed by atoms with Crippen LogP contribution in [0.5, 0.6) is 5.75 Å². The van der Waals surface area contributed by atoms with Crippen LogP contribution in [-0.2, 0) is 0 Å². The second-order valence-electron chi connectivity index (χ2n) is 3.43. The van der Waals surface area contributed by atoms with Crippen LogP contribution in [0.2, 0.25) is 20.1 Å². The summed E-state index contributed by atoms with van der Waals surface area (Å²) in [5, 5.41) is 1.42. The average Bonchev–Trinajstić information content (AvgIpc) is 2.36. The van der Waals surface area contributed by atoms with Gasteiger partial charge in [0, 0.05) is 23.5 Å². The molecule has 0 N–H and O–H groups in total. The first-order valence-electron chi connectivity index (χ1n) is 4.87. The van der Waals surface area contributed by atoms with Crippen molar-refractivity contribution in [1.29, 1.82) is 0 Å². The topological polar surface area (TPSA) is 22.1 Å². The number of nitrogens with zero attached hydrogens (tertiary/aromatic N) is 1. The van der Waals surface area contributed by atoms with E-state index in [0.717, 1.165) is 0 Å². The molecule has 0 aliphatic carbocycles. The fourth-order valence-electron chi connectivity index (χ4n) is 1.56. The molecule has 0 atom stereocenters. The minimum absolute atomic E-state index is 0.290. The third-order valence-corrected chi connectivity index (χ3v) is 3.95. The number of aromatic nitrogens is 1. The summed E-state index contributed by atoms with van der Waals surface area (Å²) in [5.41, 5.74) is 1.33. The maximum absolute atomic E-state index is 6.17. The first kappa shape index (κ1) is 13.8. The van der Waals surface area contributed by atoms with E-state index < -0.39 is 0 Å². The molecule has 0 fully saturated rings. The number of rotatable bonds is 2. The van der Waals surface area contributed by atoms with Gasteiger partial charge in [-0.3, -0.25) is 4.98 Å². The van der Waals surface area contributed by atoms with Crippen LogP contribution in [0.4, 0.5) is 0 Å². The van der Waals surface area contributed by atoms with Crippen LogP contribution in [0.15, 0.2) is 24.5 Å². The normalized spacial score (nSPS) is 10.5. The highest BCUT2D eigenvalue weighted by molar-refractivity contribution is 6.49. The van der Waals surface area contributed by atoms with Gasteiger partial charge in [0.15, 0.2) is 0 Å². The van der Waals surface area contributed by atoms with Gasteiger partial charge in [-0.2, -0.15) is 0 Å². The molecule has 2 nitrogen and oxygen atoms in total. The van der Waals surface area contributed by atoms with Crippen LogP contribution in [0.1, 0.15) is 0 Å². The summed E-state index contributed by atoms with van der Waals surface area (Å²) in [6.07, 6.45) is 3.10. The van der Waals surface area contributed by atoms with Gasteiger partial charge in [0.2, 0.25) is 0 Å². The average molecular weight is 323 g/mol. The van der Waals surface area contributed by atoms with Gasteiger partial charge in [0.05, 0.1) is 22.2 Å². The monoisotopic (exact) mass is 321 g/mol. The molecule has 0 aliphatic rings. The largest absolute Gasteiger partial charge is 0.494 e. The molecular weight excluding hydrogens is 316 g/mol. The first-order chi connectivity index (χ1) is 8.56. The molecule has 6 heteroatoms. The van der Waals surface area contributed by atoms with Gasteiger partial charge >= 0.3 is 0 Å². The quantitative estimate of drug-likeness (QED) is 0.693. The lowest BCUT2D eigenvalue weighted by Gasteiger charge is -2.12. The van der Waals surface area contributed by atoms with Gasteiger partial charge in [-0.25, -0.2) is 0 Å². The predicted molar refractivity (Wildman–Crippen MR) is 76.3 cm³/mol. The van der Waals surface area contributed by atoms with E-state index in [-0.39, 0.29) is 5.02 Å². The highest BCUT2D eigenvalue weighted by Crippen LogP contribution is 2.42. The van der Waals surface area contributed by atoms with E-state index in [9.17, 15) is 0 Å². The predicted octanol–water partition coefficient (Wildman–Crippen LogP) is 5.37. The lowest BCUT2D eigenvalue weighted by atomic mass is 10.1. The van der Waals surface area contributed by atoms with Crippen LogP contribution < -0.4 is 4.74 Å². The summed E-state index contributed by atoms with van der Waals surface area (Å²) >= 11 is 24.1. The van der Waals surface area contributed by atoms with E-state index >= 15 is 0 Å². The summed E-state index contributed by atoms with van der Waals surface area (Å²) in [6.45, 7) is 0. The van der Waals surface area contributed by atoms with Gasteiger partial charge in [0.25, 0.3) is 0 Å². The molecule has 0 saturated carbocycles. The van der Waals surface area contributed by atoms with Crippen molar-refractivity contribution in [2.45, 2.75) is 0 Å². The van der Waals surface area contributed by atoms with Crippen LogP contribution >= 0.6 is 46.4 Å². The maximum atomic E-state index is 6.17. The van der Waals surface area contributed by atoms with Crippen molar-refractivity contribution in [3.8, 4) is 16.9 Å². The number of halogens is 4. The zero-order chi connectivity index (χ0) is 13.3. The second kappa shape index (κ2) is 5.54. The molecule has 2 aromatic rings. The molecule has 0 saturated heterocycles. The molecule has 0 aliphatic heterocycles. The van der Waals surface area contributed by atoms with Crippen LogP contribution in [0, 0.1) is 0 Å². The fourth-order valence-corrected chi connectivity index (χ4v) is 2.43.